The van der Waals surface area contributed by atoms with Crippen LogP contribution in [0.3, 0.4) is 0 Å². The topological polar surface area (TPSA) is 97.6 Å². The first-order valence-electron chi connectivity index (χ1n) is 11.7. The van der Waals surface area contributed by atoms with Crippen molar-refractivity contribution in [3.05, 3.63) is 47.7 Å². The summed E-state index contributed by atoms with van der Waals surface area (Å²) < 4.78 is 51.0. The predicted molar refractivity (Wildman–Crippen MR) is 131 cm³/mol. The zero-order valence-corrected chi connectivity index (χ0v) is 21.2. The molecule has 0 bridgehead atoms. The molecule has 0 saturated carbocycles. The van der Waals surface area contributed by atoms with Gasteiger partial charge >= 0.3 is 0 Å². The van der Waals surface area contributed by atoms with Gasteiger partial charge in [0, 0.05) is 38.4 Å². The molecule has 1 fully saturated rings. The predicted octanol–water partition coefficient (Wildman–Crippen LogP) is 4.49. The molecule has 1 aliphatic heterocycles. The second-order valence-electron chi connectivity index (χ2n) is 10.2. The lowest BCUT2D eigenvalue weighted by Crippen LogP contribution is -2.25. The van der Waals surface area contributed by atoms with E-state index >= 15 is 0 Å². The van der Waals surface area contributed by atoms with Gasteiger partial charge in [0.2, 0.25) is 5.82 Å². The Morgan fingerprint density at radius 1 is 1.19 bits per heavy atom. The molecule has 13 heteroatoms. The number of anilines is 1. The summed E-state index contributed by atoms with van der Waals surface area (Å²) >= 11 is 0. The molecule has 1 aromatic carbocycles. The molecule has 9 nitrogen and oxygen atoms in total. The fourth-order valence-electron chi connectivity index (χ4n) is 4.36. The number of aromatic amines is 1. The van der Waals surface area contributed by atoms with E-state index in [1.165, 1.54) is 0 Å². The average Bonchev–Trinajstić information content (AvgIpc) is 3.56. The van der Waals surface area contributed by atoms with Crippen LogP contribution in [-0.4, -0.2) is 62.8 Å². The Hall–Kier alpha value is -3.32. The number of ether oxygens (including phenoxy) is 1. The molecule has 0 unspecified atom stereocenters. The molecule has 5 rings (SSSR count). The van der Waals surface area contributed by atoms with Crippen LogP contribution in [0.15, 0.2) is 30.5 Å². The molecule has 1 aliphatic rings. The normalized spacial score (nSPS) is 18.4. The van der Waals surface area contributed by atoms with E-state index in [1.54, 1.807) is 21.8 Å². The Bertz CT molecular complexity index is 1360. The van der Waals surface area contributed by atoms with Crippen molar-refractivity contribution in [3.8, 4) is 11.4 Å². The summed E-state index contributed by atoms with van der Waals surface area (Å²) in [5.74, 6) is -0.428. The quantitative estimate of drug-likeness (QED) is 0.272. The number of rotatable bonds is 8. The fraction of sp³-hybridized carbons (Fsp3) is 0.435. The van der Waals surface area contributed by atoms with E-state index in [0.29, 0.717) is 34.8 Å². The van der Waals surface area contributed by atoms with E-state index in [4.69, 9.17) is 9.84 Å². The second kappa shape index (κ2) is 9.62. The highest BCUT2D eigenvalue weighted by Crippen LogP contribution is 2.41. The first-order valence-corrected chi connectivity index (χ1v) is 15.4. The number of alkyl halides is 1. The highest BCUT2D eigenvalue weighted by molar-refractivity contribution is 6.76. The summed E-state index contributed by atoms with van der Waals surface area (Å²) in [6, 6.07) is 5.28. The minimum atomic E-state index is -1.28. The highest BCUT2D eigenvalue weighted by Gasteiger charge is 2.37. The molecule has 1 saturated heterocycles. The van der Waals surface area contributed by atoms with Gasteiger partial charge in [-0.15, -0.1) is 10.2 Å². The standard InChI is InChI=1S/C23H27F3N8OSi/c1-36(2,3)7-6-35-13-34-22-18(8-14(11-27-22)21-28-31-32-29-21)23(30-34)33-12-16(25)10-20(33)17-9-15(24)4-5-19(17)26/h4-5,8-9,11,16,20H,6-7,10,12-13H2,1-3H3,(H,28,29,31,32)/t16-,20+/m0/s1. The maximum atomic E-state index is 14.7. The third-order valence-corrected chi connectivity index (χ3v) is 7.92. The van der Waals surface area contributed by atoms with Gasteiger partial charge < -0.3 is 9.64 Å². The van der Waals surface area contributed by atoms with Crippen LogP contribution in [0.5, 0.6) is 0 Å². The van der Waals surface area contributed by atoms with Crippen LogP contribution in [-0.2, 0) is 11.5 Å². The maximum absolute atomic E-state index is 14.7. The molecule has 0 radical (unpaired) electrons. The molecule has 2 atom stereocenters. The summed E-state index contributed by atoms with van der Waals surface area (Å²) in [5, 5.41) is 19.3. The number of aromatic nitrogens is 7. The summed E-state index contributed by atoms with van der Waals surface area (Å²) in [6.45, 7) is 7.53. The van der Waals surface area contributed by atoms with Crippen molar-refractivity contribution in [2.24, 2.45) is 0 Å². The van der Waals surface area contributed by atoms with Crippen LogP contribution in [0.2, 0.25) is 25.7 Å². The SMILES string of the molecule is C[Si](C)(C)CCOCn1nc(N2C[C@@H](F)C[C@@H]2c2cc(F)ccc2F)c2cc(-c3nn[nH]n3)cnc21. The third kappa shape index (κ3) is 4.98. The van der Waals surface area contributed by atoms with Gasteiger partial charge in [-0.1, -0.05) is 19.6 Å². The van der Waals surface area contributed by atoms with E-state index < -0.39 is 31.9 Å². The molecular formula is C23H27F3N8OSi. The van der Waals surface area contributed by atoms with Gasteiger partial charge in [-0.3, -0.25) is 0 Å². The van der Waals surface area contributed by atoms with Gasteiger partial charge in [0.25, 0.3) is 0 Å². The van der Waals surface area contributed by atoms with Crippen molar-refractivity contribution in [3.63, 3.8) is 0 Å². The van der Waals surface area contributed by atoms with Crippen LogP contribution < -0.4 is 4.90 Å². The highest BCUT2D eigenvalue weighted by atomic mass is 28.3. The van der Waals surface area contributed by atoms with Gasteiger partial charge in [-0.05, 0) is 35.5 Å². The van der Waals surface area contributed by atoms with Crippen molar-refractivity contribution in [1.82, 2.24) is 35.4 Å². The number of fused-ring (bicyclic) bond motifs is 1. The van der Waals surface area contributed by atoms with E-state index in [1.807, 2.05) is 0 Å². The van der Waals surface area contributed by atoms with Gasteiger partial charge in [-0.25, -0.2) is 22.8 Å². The Labute approximate surface area is 206 Å². The van der Waals surface area contributed by atoms with E-state index in [9.17, 15) is 13.2 Å². The first-order chi connectivity index (χ1) is 17.2. The van der Waals surface area contributed by atoms with Crippen molar-refractivity contribution < 1.29 is 17.9 Å². The summed E-state index contributed by atoms with van der Waals surface area (Å²) in [4.78, 5) is 6.23. The zero-order chi connectivity index (χ0) is 25.4. The number of benzene rings is 1. The Morgan fingerprint density at radius 2 is 2.03 bits per heavy atom. The molecule has 4 heterocycles. The van der Waals surface area contributed by atoms with Crippen LogP contribution >= 0.6 is 0 Å². The van der Waals surface area contributed by atoms with Gasteiger partial charge in [0.1, 0.15) is 24.5 Å². The number of H-pyrrole nitrogens is 1. The monoisotopic (exact) mass is 516 g/mol. The van der Waals surface area contributed by atoms with E-state index in [0.717, 1.165) is 24.2 Å². The van der Waals surface area contributed by atoms with Gasteiger partial charge in [0.15, 0.2) is 11.5 Å². The Morgan fingerprint density at radius 3 is 2.78 bits per heavy atom. The minimum Gasteiger partial charge on any atom is -0.359 e. The lowest BCUT2D eigenvalue weighted by molar-refractivity contribution is 0.0814. The average molecular weight is 517 g/mol. The van der Waals surface area contributed by atoms with Crippen LogP contribution in [0.1, 0.15) is 18.0 Å². The molecule has 3 aromatic heterocycles. The summed E-state index contributed by atoms with van der Waals surface area (Å²) in [7, 11) is -1.28. The molecule has 190 valence electrons. The third-order valence-electron chi connectivity index (χ3n) is 6.22. The number of hydrogen-bond acceptors (Lipinski definition) is 7. The summed E-state index contributed by atoms with van der Waals surface area (Å²) in [6.07, 6.45) is 0.377. The number of tetrazole rings is 1. The van der Waals surface area contributed by atoms with Crippen LogP contribution in [0.4, 0.5) is 19.0 Å². The van der Waals surface area contributed by atoms with Crippen LogP contribution in [0, 0.1) is 11.6 Å². The lowest BCUT2D eigenvalue weighted by Gasteiger charge is -2.25. The lowest BCUT2D eigenvalue weighted by atomic mass is 10.0. The molecule has 36 heavy (non-hydrogen) atoms. The van der Waals surface area contributed by atoms with Crippen molar-refractivity contribution in [2.75, 3.05) is 18.1 Å². The molecule has 0 spiro atoms. The molecule has 1 N–H and O–H groups in total. The summed E-state index contributed by atoms with van der Waals surface area (Å²) in [5.41, 5.74) is 1.19. The number of nitrogens with one attached hydrogen (secondary N) is 1. The fourth-order valence-corrected chi connectivity index (χ4v) is 5.12. The first kappa shape index (κ1) is 24.4. The maximum Gasteiger partial charge on any atom is 0.206 e. The van der Waals surface area contributed by atoms with Crippen molar-refractivity contribution >= 4 is 24.9 Å². The van der Waals surface area contributed by atoms with E-state index in [2.05, 4.69) is 45.2 Å². The minimum absolute atomic E-state index is 0.0133. The smallest absolute Gasteiger partial charge is 0.206 e. The van der Waals surface area contributed by atoms with Crippen molar-refractivity contribution in [1.29, 1.82) is 0 Å². The van der Waals surface area contributed by atoms with E-state index in [-0.39, 0.29) is 25.3 Å². The number of nitrogens with zero attached hydrogens (tertiary/aromatic N) is 7. The zero-order valence-electron chi connectivity index (χ0n) is 20.2. The second-order valence-corrected chi connectivity index (χ2v) is 15.8. The van der Waals surface area contributed by atoms with Crippen LogP contribution in [0.25, 0.3) is 22.4 Å². The van der Waals surface area contributed by atoms with Crippen molar-refractivity contribution in [2.45, 2.75) is 51.1 Å². The van der Waals surface area contributed by atoms with Gasteiger partial charge in [-0.2, -0.15) is 10.3 Å². The Balaban J connectivity index is 1.55. The molecular weight excluding hydrogens is 489 g/mol. The number of hydrogen-bond donors (Lipinski definition) is 1. The molecule has 0 amide bonds. The Kier molecular flexibility index (Phi) is 6.51. The molecule has 4 aromatic rings. The largest absolute Gasteiger partial charge is 0.359 e. The van der Waals surface area contributed by atoms with Gasteiger partial charge in [0.05, 0.1) is 18.0 Å². The number of pyridine rings is 1. The molecule has 0 aliphatic carbocycles. The number of halogens is 3.